The molecule has 0 amide bonds. The van der Waals surface area contributed by atoms with Gasteiger partial charge < -0.3 is 9.30 Å². The van der Waals surface area contributed by atoms with Crippen LogP contribution in [0.15, 0.2) is 41.2 Å². The Morgan fingerprint density at radius 1 is 1.32 bits per heavy atom. The molecule has 3 aromatic rings. The molecule has 0 aliphatic heterocycles. The largest absolute Gasteiger partial charge is 0.451 e. The minimum absolute atomic E-state index is 0.185. The zero-order valence-electron chi connectivity index (χ0n) is 10.1. The molecule has 0 unspecified atom stereocenters. The van der Waals surface area contributed by atoms with Crippen LogP contribution < -0.4 is 10.3 Å². The zero-order chi connectivity index (χ0) is 13.4. The van der Waals surface area contributed by atoms with E-state index in [9.17, 15) is 4.79 Å². The van der Waals surface area contributed by atoms with Crippen LogP contribution in [0.25, 0.3) is 11.0 Å². The van der Waals surface area contributed by atoms with Crippen LogP contribution in [-0.2, 0) is 7.05 Å². The Morgan fingerprint density at radius 2 is 2.05 bits per heavy atom. The lowest BCUT2D eigenvalue weighted by Crippen LogP contribution is -2.18. The van der Waals surface area contributed by atoms with E-state index in [1.807, 2.05) is 18.2 Å². The van der Waals surface area contributed by atoms with Crippen LogP contribution in [0, 0.1) is 3.70 Å². The number of para-hydroxylation sites is 1. The highest BCUT2D eigenvalue weighted by Crippen LogP contribution is 2.22. The number of rotatable bonds is 2. The third-order valence-electron chi connectivity index (χ3n) is 2.81. The van der Waals surface area contributed by atoms with Crippen LogP contribution in [0.5, 0.6) is 11.5 Å². The van der Waals surface area contributed by atoms with Gasteiger partial charge in [0, 0.05) is 13.1 Å². The second-order valence-corrected chi connectivity index (χ2v) is 5.14. The molecule has 0 saturated heterocycles. The second kappa shape index (κ2) is 4.69. The van der Waals surface area contributed by atoms with Gasteiger partial charge in [0.1, 0.15) is 20.5 Å². The number of aromatic nitrogens is 3. The van der Waals surface area contributed by atoms with Crippen molar-refractivity contribution in [3.63, 3.8) is 0 Å². The molecular formula is C13H10IN3O2. The number of hydrogen-bond donors (Lipinski definition) is 1. The Kier molecular flexibility index (Phi) is 3.02. The number of nitrogens with one attached hydrogen (secondary N) is 1. The average molecular weight is 367 g/mol. The topological polar surface area (TPSA) is 59.9 Å². The Labute approximate surface area is 122 Å². The maximum atomic E-state index is 12.2. The van der Waals surface area contributed by atoms with E-state index in [4.69, 9.17) is 4.74 Å². The lowest BCUT2D eigenvalue weighted by atomic mass is 10.3. The van der Waals surface area contributed by atoms with Crippen molar-refractivity contribution >= 4 is 33.6 Å². The van der Waals surface area contributed by atoms with Gasteiger partial charge in [0.05, 0.1) is 0 Å². The summed E-state index contributed by atoms with van der Waals surface area (Å²) in [6, 6.07) is 10.9. The van der Waals surface area contributed by atoms with E-state index in [-0.39, 0.29) is 11.3 Å². The minimum Gasteiger partial charge on any atom is -0.451 e. The Balaban J connectivity index is 2.15. The lowest BCUT2D eigenvalue weighted by Gasteiger charge is -2.07. The maximum Gasteiger partial charge on any atom is 0.293 e. The molecule has 3 rings (SSSR count). The van der Waals surface area contributed by atoms with E-state index < -0.39 is 0 Å². The van der Waals surface area contributed by atoms with Crippen molar-refractivity contribution in [3.05, 3.63) is 50.5 Å². The van der Waals surface area contributed by atoms with Crippen molar-refractivity contribution < 1.29 is 4.74 Å². The number of nitrogens with zero attached hydrogens (tertiary/aromatic N) is 2. The highest BCUT2D eigenvalue weighted by Gasteiger charge is 2.13. The smallest absolute Gasteiger partial charge is 0.293 e. The molecule has 1 N–H and O–H groups in total. The molecule has 0 spiro atoms. The van der Waals surface area contributed by atoms with Crippen LogP contribution in [0.3, 0.4) is 0 Å². The van der Waals surface area contributed by atoms with Crippen LogP contribution in [-0.4, -0.2) is 14.8 Å². The molecular weight excluding hydrogens is 357 g/mol. The first kappa shape index (κ1) is 12.2. The third-order valence-corrected chi connectivity index (χ3v) is 3.57. The molecule has 0 atom stereocenters. The number of fused-ring (bicyclic) bond motifs is 1. The normalized spacial score (nSPS) is 10.8. The predicted molar refractivity (Wildman–Crippen MR) is 80.6 cm³/mol. The van der Waals surface area contributed by atoms with E-state index in [0.717, 1.165) is 9.22 Å². The van der Waals surface area contributed by atoms with Gasteiger partial charge in [-0.15, -0.1) is 0 Å². The van der Waals surface area contributed by atoms with Crippen molar-refractivity contribution in [2.75, 3.05) is 0 Å². The van der Waals surface area contributed by atoms with E-state index >= 15 is 0 Å². The highest BCUT2D eigenvalue weighted by molar-refractivity contribution is 14.1. The van der Waals surface area contributed by atoms with Gasteiger partial charge >= 0.3 is 0 Å². The van der Waals surface area contributed by atoms with Crippen LogP contribution in [0.4, 0.5) is 0 Å². The second-order valence-electron chi connectivity index (χ2n) is 4.06. The first-order valence-electron chi connectivity index (χ1n) is 5.63. The number of halogens is 1. The van der Waals surface area contributed by atoms with Crippen molar-refractivity contribution in [1.82, 2.24) is 14.8 Å². The van der Waals surface area contributed by atoms with Gasteiger partial charge in [-0.05, 0) is 34.7 Å². The number of H-pyrrole nitrogens is 1. The summed E-state index contributed by atoms with van der Waals surface area (Å²) in [5.41, 5.74) is 1.30. The molecule has 6 heteroatoms. The van der Waals surface area contributed by atoms with E-state index in [1.165, 1.54) is 0 Å². The van der Waals surface area contributed by atoms with Gasteiger partial charge in [-0.3, -0.25) is 9.89 Å². The number of aryl methyl sites for hydroxylation is 1. The van der Waals surface area contributed by atoms with Gasteiger partial charge in [0.2, 0.25) is 0 Å². The number of ether oxygens (including phenoxy) is 1. The van der Waals surface area contributed by atoms with Crippen molar-refractivity contribution in [2.45, 2.75) is 0 Å². The molecule has 0 aliphatic rings. The SMILES string of the molecule is Cn1c(=O)c(Oc2ccccc2)cc2n[nH]c(I)c21. The van der Waals surface area contributed by atoms with E-state index in [1.54, 1.807) is 29.8 Å². The van der Waals surface area contributed by atoms with Gasteiger partial charge in [0.25, 0.3) is 5.56 Å². The number of benzene rings is 1. The molecule has 2 aromatic heterocycles. The predicted octanol–water partition coefficient (Wildman–Crippen LogP) is 2.66. The van der Waals surface area contributed by atoms with Gasteiger partial charge in [-0.2, -0.15) is 5.10 Å². The zero-order valence-corrected chi connectivity index (χ0v) is 12.2. The molecule has 0 aliphatic carbocycles. The molecule has 0 fully saturated rings. The number of aromatic amines is 1. The van der Waals surface area contributed by atoms with Crippen molar-refractivity contribution in [3.8, 4) is 11.5 Å². The van der Waals surface area contributed by atoms with Gasteiger partial charge in [-0.25, -0.2) is 0 Å². The fourth-order valence-corrected chi connectivity index (χ4v) is 2.65. The van der Waals surface area contributed by atoms with Crippen LogP contribution in [0.1, 0.15) is 0 Å². The van der Waals surface area contributed by atoms with Crippen LogP contribution in [0.2, 0.25) is 0 Å². The fraction of sp³-hybridized carbons (Fsp3) is 0.0769. The van der Waals surface area contributed by atoms with Crippen molar-refractivity contribution in [1.29, 1.82) is 0 Å². The standard InChI is InChI=1S/C13H10IN3O2/c1-17-11-9(15-16-12(11)14)7-10(13(17)18)19-8-5-3-2-4-6-8/h2-7H,1H3,(H,15,16). The molecule has 19 heavy (non-hydrogen) atoms. The molecule has 2 heterocycles. The number of pyridine rings is 1. The minimum atomic E-state index is -0.185. The van der Waals surface area contributed by atoms with E-state index in [2.05, 4.69) is 32.8 Å². The quantitative estimate of drug-likeness (QED) is 0.709. The first-order chi connectivity index (χ1) is 9.16. The molecule has 1 aromatic carbocycles. The summed E-state index contributed by atoms with van der Waals surface area (Å²) in [5.74, 6) is 0.897. The summed E-state index contributed by atoms with van der Waals surface area (Å²) >= 11 is 2.11. The Morgan fingerprint density at radius 3 is 2.79 bits per heavy atom. The third kappa shape index (κ3) is 2.12. The monoisotopic (exact) mass is 367 g/mol. The van der Waals surface area contributed by atoms with Crippen LogP contribution >= 0.6 is 22.6 Å². The number of hydrogen-bond acceptors (Lipinski definition) is 3. The summed E-state index contributed by atoms with van der Waals surface area (Å²) in [6.07, 6.45) is 0. The molecule has 0 bridgehead atoms. The Hall–Kier alpha value is -1.83. The molecule has 0 saturated carbocycles. The summed E-state index contributed by atoms with van der Waals surface area (Å²) in [7, 11) is 1.71. The summed E-state index contributed by atoms with van der Waals surface area (Å²) in [4.78, 5) is 12.2. The summed E-state index contributed by atoms with van der Waals surface area (Å²) < 4.78 is 7.99. The average Bonchev–Trinajstić information content (AvgIpc) is 2.78. The highest BCUT2D eigenvalue weighted by atomic mass is 127. The van der Waals surface area contributed by atoms with E-state index in [0.29, 0.717) is 11.3 Å². The van der Waals surface area contributed by atoms with Gasteiger partial charge in [-0.1, -0.05) is 18.2 Å². The fourth-order valence-electron chi connectivity index (χ4n) is 1.89. The molecule has 5 nitrogen and oxygen atoms in total. The molecule has 96 valence electrons. The summed E-state index contributed by atoms with van der Waals surface area (Å²) in [6.45, 7) is 0. The lowest BCUT2D eigenvalue weighted by molar-refractivity contribution is 0.472. The van der Waals surface area contributed by atoms with Gasteiger partial charge in [0.15, 0.2) is 5.75 Å². The molecule has 0 radical (unpaired) electrons. The Bertz CT molecular complexity index is 793. The van der Waals surface area contributed by atoms with Crippen molar-refractivity contribution in [2.24, 2.45) is 7.05 Å². The first-order valence-corrected chi connectivity index (χ1v) is 6.71. The maximum absolute atomic E-state index is 12.2. The summed E-state index contributed by atoms with van der Waals surface area (Å²) in [5, 5.41) is 7.01.